The topological polar surface area (TPSA) is 110 Å². The maximum atomic E-state index is 14.0. The number of rotatable bonds is 6. The summed E-state index contributed by atoms with van der Waals surface area (Å²) in [6, 6.07) is 5.50. The highest BCUT2D eigenvalue weighted by Gasteiger charge is 2.48. The minimum atomic E-state index is -0.445. The van der Waals surface area contributed by atoms with Crippen LogP contribution in [-0.4, -0.2) is 48.4 Å². The molecule has 0 radical (unpaired) electrons. The van der Waals surface area contributed by atoms with Gasteiger partial charge in [-0.2, -0.15) is 5.10 Å². The summed E-state index contributed by atoms with van der Waals surface area (Å²) in [5, 5.41) is 16.3. The lowest BCUT2D eigenvalue weighted by Crippen LogP contribution is -2.52. The first kappa shape index (κ1) is 21.7. The smallest absolute Gasteiger partial charge is 0.311 e. The van der Waals surface area contributed by atoms with Crippen molar-refractivity contribution in [2.75, 3.05) is 11.9 Å². The van der Waals surface area contributed by atoms with Crippen LogP contribution in [0.25, 0.3) is 28.1 Å². The summed E-state index contributed by atoms with van der Waals surface area (Å²) >= 11 is 0. The van der Waals surface area contributed by atoms with Crippen LogP contribution in [0.15, 0.2) is 24.4 Å². The second-order valence-corrected chi connectivity index (χ2v) is 10.4. The van der Waals surface area contributed by atoms with Gasteiger partial charge in [0.05, 0.1) is 24.1 Å². The van der Waals surface area contributed by atoms with Crippen molar-refractivity contribution in [1.82, 2.24) is 29.8 Å². The van der Waals surface area contributed by atoms with Crippen molar-refractivity contribution in [3.63, 3.8) is 0 Å². The van der Waals surface area contributed by atoms with Crippen LogP contribution in [0.1, 0.15) is 57.1 Å². The van der Waals surface area contributed by atoms with Crippen molar-refractivity contribution < 1.29 is 13.9 Å². The van der Waals surface area contributed by atoms with E-state index in [0.29, 0.717) is 52.7 Å². The Morgan fingerprint density at radius 1 is 1.19 bits per heavy atom. The van der Waals surface area contributed by atoms with Crippen molar-refractivity contribution in [1.29, 1.82) is 0 Å². The van der Waals surface area contributed by atoms with Gasteiger partial charge in [0, 0.05) is 17.7 Å². The monoisotopic (exact) mass is 489 g/mol. The molecule has 4 aliphatic carbocycles. The number of carbonyl (C=O) groups is 1. The van der Waals surface area contributed by atoms with E-state index in [1.54, 1.807) is 0 Å². The average Bonchev–Trinajstić information content (AvgIpc) is 3.50. The molecule has 4 aliphatic rings. The Labute approximate surface area is 206 Å². The molecule has 0 unspecified atom stereocenters. The number of aromatic amines is 1. The van der Waals surface area contributed by atoms with Crippen LogP contribution in [0.5, 0.6) is 0 Å². The van der Waals surface area contributed by atoms with Crippen molar-refractivity contribution in [2.24, 2.45) is 17.8 Å². The molecule has 4 saturated carbocycles. The summed E-state index contributed by atoms with van der Waals surface area (Å²) in [5.41, 5.74) is 2.94. The number of fused-ring (bicyclic) bond motifs is 5. The zero-order valence-corrected chi connectivity index (χ0v) is 20.1. The van der Waals surface area contributed by atoms with Crippen LogP contribution < -0.4 is 5.32 Å². The predicted octanol–water partition coefficient (Wildman–Crippen LogP) is 4.46. The molecule has 0 amide bonds. The third-order valence-corrected chi connectivity index (χ3v) is 8.22. The number of carbonyl (C=O) groups excluding carboxylic acids is 1. The van der Waals surface area contributed by atoms with Gasteiger partial charge < -0.3 is 10.1 Å². The molecule has 2 N–H and O–H groups in total. The molecule has 4 aromatic heterocycles. The lowest BCUT2D eigenvalue weighted by Gasteiger charge is -2.47. The first-order valence-corrected chi connectivity index (χ1v) is 12.9. The van der Waals surface area contributed by atoms with E-state index in [-0.39, 0.29) is 17.9 Å². The van der Waals surface area contributed by atoms with Crippen LogP contribution in [-0.2, 0) is 9.53 Å². The fraction of sp³-hybridized carbons (Fsp3) is 0.500. The Bertz CT molecular complexity index is 1470. The fourth-order valence-electron chi connectivity index (χ4n) is 6.35. The molecule has 10 heteroatoms. The van der Waals surface area contributed by atoms with Crippen molar-refractivity contribution in [3.8, 4) is 11.5 Å². The molecule has 9 nitrogen and oxygen atoms in total. The second kappa shape index (κ2) is 8.25. The molecular formula is C26H28FN7O2. The normalized spacial score (nSPS) is 25.5. The van der Waals surface area contributed by atoms with E-state index in [9.17, 15) is 9.18 Å². The highest BCUT2D eigenvalue weighted by molar-refractivity contribution is 5.89. The molecule has 4 fully saturated rings. The van der Waals surface area contributed by atoms with Gasteiger partial charge in [-0.25, -0.2) is 18.9 Å². The molecule has 4 aromatic rings. The molecule has 2 bridgehead atoms. The van der Waals surface area contributed by atoms with Gasteiger partial charge >= 0.3 is 5.97 Å². The molecule has 2 atom stereocenters. The van der Waals surface area contributed by atoms with Gasteiger partial charge in [0.15, 0.2) is 11.5 Å². The Hall–Kier alpha value is -3.56. The quantitative estimate of drug-likeness (QED) is 0.385. The number of ether oxygens (including phenoxy) is 1. The number of nitrogens with zero attached hydrogens (tertiary/aromatic N) is 5. The second-order valence-electron chi connectivity index (χ2n) is 10.4. The van der Waals surface area contributed by atoms with Crippen LogP contribution >= 0.6 is 0 Å². The molecule has 0 spiro atoms. The fourth-order valence-corrected chi connectivity index (χ4v) is 6.35. The number of H-pyrrole nitrogens is 1. The van der Waals surface area contributed by atoms with Gasteiger partial charge in [0.1, 0.15) is 17.0 Å². The van der Waals surface area contributed by atoms with Gasteiger partial charge in [-0.15, -0.1) is 5.10 Å². The van der Waals surface area contributed by atoms with Gasteiger partial charge in [0.25, 0.3) is 0 Å². The number of halogens is 1. The van der Waals surface area contributed by atoms with E-state index in [0.717, 1.165) is 55.9 Å². The van der Waals surface area contributed by atoms with Crippen LogP contribution in [0.2, 0.25) is 0 Å². The Morgan fingerprint density at radius 2 is 2.00 bits per heavy atom. The van der Waals surface area contributed by atoms with Crippen molar-refractivity contribution >= 4 is 28.3 Å². The first-order chi connectivity index (χ1) is 17.6. The van der Waals surface area contributed by atoms with E-state index in [4.69, 9.17) is 14.8 Å². The summed E-state index contributed by atoms with van der Waals surface area (Å²) in [5.74, 6) is 1.50. The van der Waals surface area contributed by atoms with E-state index in [1.807, 2.05) is 17.5 Å². The summed E-state index contributed by atoms with van der Waals surface area (Å²) in [4.78, 5) is 22.0. The predicted molar refractivity (Wildman–Crippen MR) is 131 cm³/mol. The maximum absolute atomic E-state index is 14.0. The molecule has 0 saturated heterocycles. The number of hydrogen-bond donors (Lipinski definition) is 2. The number of nitrogens with one attached hydrogen (secondary N) is 2. The number of anilines is 1. The molecule has 0 aromatic carbocycles. The Balaban J connectivity index is 1.35. The highest BCUT2D eigenvalue weighted by Crippen LogP contribution is 2.47. The average molecular weight is 490 g/mol. The minimum Gasteiger partial charge on any atom is -0.466 e. The number of hydrogen-bond acceptors (Lipinski definition) is 7. The third-order valence-electron chi connectivity index (χ3n) is 8.22. The van der Waals surface area contributed by atoms with E-state index >= 15 is 0 Å². The zero-order valence-electron chi connectivity index (χ0n) is 20.1. The number of aromatic nitrogens is 6. The van der Waals surface area contributed by atoms with Crippen LogP contribution in [0.3, 0.4) is 0 Å². The highest BCUT2D eigenvalue weighted by atomic mass is 19.1. The van der Waals surface area contributed by atoms with E-state index < -0.39 is 5.82 Å². The van der Waals surface area contributed by atoms with Gasteiger partial charge in [-0.3, -0.25) is 9.89 Å². The SMILES string of the molecule is CCOC(=O)[C@@H]1C2CCC(CC2)[C@H]1Nc1nc(-c2[nH]nc3ncc(F)cc23)nn2c(C3CC3)ccc12. The van der Waals surface area contributed by atoms with Crippen molar-refractivity contribution in [2.45, 2.75) is 57.4 Å². The standard InChI is InChI=1S/C26H28FN7O2/c1-2-36-26(35)20-14-5-7-15(8-6-14)21(20)29-24-19-10-9-18(13-3-4-13)34(19)33-25(30-24)22-17-11-16(27)12-28-23(17)32-31-22/h9-15,20-21H,2-8H2,1H3,(H,28,31,32)(H,29,30,33)/t14?,15?,20-,21-/m1/s1. The first-order valence-electron chi connectivity index (χ1n) is 12.9. The van der Waals surface area contributed by atoms with E-state index in [2.05, 4.69) is 26.6 Å². The molecule has 4 heterocycles. The molecule has 8 rings (SSSR count). The summed E-state index contributed by atoms with van der Waals surface area (Å²) in [6.07, 6.45) is 7.72. The van der Waals surface area contributed by atoms with Gasteiger partial charge in [0.2, 0.25) is 5.82 Å². The number of pyridine rings is 1. The summed E-state index contributed by atoms with van der Waals surface area (Å²) < 4.78 is 21.5. The van der Waals surface area contributed by atoms with Crippen LogP contribution in [0.4, 0.5) is 10.2 Å². The third kappa shape index (κ3) is 3.45. The van der Waals surface area contributed by atoms with E-state index in [1.165, 1.54) is 6.07 Å². The van der Waals surface area contributed by atoms with Gasteiger partial charge in [-0.05, 0) is 75.5 Å². The lowest BCUT2D eigenvalue weighted by atomic mass is 9.61. The minimum absolute atomic E-state index is 0.0556. The number of esters is 1. The summed E-state index contributed by atoms with van der Waals surface area (Å²) in [6.45, 7) is 2.23. The van der Waals surface area contributed by atoms with Crippen molar-refractivity contribution in [3.05, 3.63) is 35.9 Å². The van der Waals surface area contributed by atoms with Gasteiger partial charge in [-0.1, -0.05) is 0 Å². The zero-order chi connectivity index (χ0) is 24.4. The largest absolute Gasteiger partial charge is 0.466 e. The maximum Gasteiger partial charge on any atom is 0.311 e. The Morgan fingerprint density at radius 3 is 2.78 bits per heavy atom. The molecule has 186 valence electrons. The molecule has 0 aliphatic heterocycles. The Kier molecular flexibility index (Phi) is 4.97. The van der Waals surface area contributed by atoms with Crippen LogP contribution in [0, 0.1) is 23.6 Å². The molecular weight excluding hydrogens is 461 g/mol. The lowest BCUT2D eigenvalue weighted by molar-refractivity contribution is -0.154. The summed E-state index contributed by atoms with van der Waals surface area (Å²) in [7, 11) is 0. The molecule has 36 heavy (non-hydrogen) atoms.